The highest BCUT2D eigenvalue weighted by molar-refractivity contribution is 6.08. The summed E-state index contributed by atoms with van der Waals surface area (Å²) < 4.78 is 5.65. The number of fused-ring (bicyclic) bond motifs is 3. The third-order valence-corrected chi connectivity index (χ3v) is 4.47. The molecule has 0 aliphatic rings. The van der Waals surface area contributed by atoms with Crippen LogP contribution in [-0.2, 0) is 17.6 Å². The van der Waals surface area contributed by atoms with E-state index in [4.69, 9.17) is 4.42 Å². The Morgan fingerprint density at radius 2 is 1.72 bits per heavy atom. The molecule has 0 atom stereocenters. The molecule has 3 nitrogen and oxygen atoms in total. The molecule has 0 fully saturated rings. The van der Waals surface area contributed by atoms with Crippen molar-refractivity contribution in [2.75, 3.05) is 6.54 Å². The van der Waals surface area contributed by atoms with Crippen LogP contribution in [0.3, 0.4) is 0 Å². The van der Waals surface area contributed by atoms with Gasteiger partial charge in [0.1, 0.15) is 5.58 Å². The van der Waals surface area contributed by atoms with Gasteiger partial charge in [0, 0.05) is 17.5 Å². The Morgan fingerprint density at radius 3 is 2.60 bits per heavy atom. The van der Waals surface area contributed by atoms with Crippen LogP contribution in [0.1, 0.15) is 11.1 Å². The number of amides is 1. The lowest BCUT2D eigenvalue weighted by Crippen LogP contribution is -2.27. The molecule has 0 aliphatic carbocycles. The molecule has 1 N–H and O–H groups in total. The van der Waals surface area contributed by atoms with Crippen LogP contribution in [0.4, 0.5) is 0 Å². The minimum absolute atomic E-state index is 0.0200. The number of benzene rings is 3. The van der Waals surface area contributed by atoms with Crippen LogP contribution < -0.4 is 5.32 Å². The summed E-state index contributed by atoms with van der Waals surface area (Å²) in [6.45, 7) is 0.638. The number of hydrogen-bond donors (Lipinski definition) is 1. The lowest BCUT2D eigenvalue weighted by Gasteiger charge is -2.05. The van der Waals surface area contributed by atoms with Gasteiger partial charge in [0.15, 0.2) is 0 Å². The zero-order chi connectivity index (χ0) is 17.1. The first-order valence-electron chi connectivity index (χ1n) is 8.50. The van der Waals surface area contributed by atoms with Crippen molar-refractivity contribution in [3.63, 3.8) is 0 Å². The summed E-state index contributed by atoms with van der Waals surface area (Å²) in [4.78, 5) is 12.3. The smallest absolute Gasteiger partial charge is 0.224 e. The van der Waals surface area contributed by atoms with Gasteiger partial charge in [-0.15, -0.1) is 0 Å². The zero-order valence-corrected chi connectivity index (χ0v) is 13.9. The van der Waals surface area contributed by atoms with Crippen LogP contribution in [0.25, 0.3) is 21.7 Å². The van der Waals surface area contributed by atoms with E-state index in [0.717, 1.165) is 33.7 Å². The maximum absolute atomic E-state index is 12.3. The van der Waals surface area contributed by atoms with Crippen LogP contribution in [-0.4, -0.2) is 12.5 Å². The SMILES string of the molecule is O=C(Cc1coc2ccc3ccccc3c12)NCCc1ccccc1. The van der Waals surface area contributed by atoms with E-state index in [1.54, 1.807) is 6.26 Å². The molecule has 1 aromatic heterocycles. The average molecular weight is 329 g/mol. The molecule has 3 heteroatoms. The van der Waals surface area contributed by atoms with Gasteiger partial charge in [-0.05, 0) is 28.8 Å². The van der Waals surface area contributed by atoms with Crippen LogP contribution in [0, 0.1) is 0 Å². The van der Waals surface area contributed by atoms with E-state index >= 15 is 0 Å². The molecule has 0 radical (unpaired) electrons. The summed E-state index contributed by atoms with van der Waals surface area (Å²) >= 11 is 0. The fourth-order valence-electron chi connectivity index (χ4n) is 3.23. The fourth-order valence-corrected chi connectivity index (χ4v) is 3.23. The number of nitrogens with one attached hydrogen (secondary N) is 1. The van der Waals surface area contributed by atoms with Crippen molar-refractivity contribution in [2.45, 2.75) is 12.8 Å². The number of carbonyl (C=O) groups excluding carboxylic acids is 1. The topological polar surface area (TPSA) is 42.2 Å². The summed E-state index contributed by atoms with van der Waals surface area (Å²) in [5.74, 6) is 0.0200. The van der Waals surface area contributed by atoms with Crippen LogP contribution in [0.15, 0.2) is 77.4 Å². The van der Waals surface area contributed by atoms with E-state index in [9.17, 15) is 4.79 Å². The molecule has 0 saturated carbocycles. The third-order valence-electron chi connectivity index (χ3n) is 4.47. The minimum Gasteiger partial charge on any atom is -0.464 e. The van der Waals surface area contributed by atoms with Crippen LogP contribution in [0.2, 0.25) is 0 Å². The number of rotatable bonds is 5. The largest absolute Gasteiger partial charge is 0.464 e. The second-order valence-electron chi connectivity index (χ2n) is 6.18. The fraction of sp³-hybridized carbons (Fsp3) is 0.136. The Bertz CT molecular complexity index is 1020. The summed E-state index contributed by atoms with van der Waals surface area (Å²) in [5, 5.41) is 6.32. The van der Waals surface area contributed by atoms with E-state index in [-0.39, 0.29) is 5.91 Å². The lowest BCUT2D eigenvalue weighted by molar-refractivity contribution is -0.120. The van der Waals surface area contributed by atoms with E-state index in [0.29, 0.717) is 13.0 Å². The molecule has 1 amide bonds. The van der Waals surface area contributed by atoms with Gasteiger partial charge < -0.3 is 9.73 Å². The predicted octanol–water partition coefficient (Wildman–Crippen LogP) is 4.49. The Balaban J connectivity index is 1.49. The Hall–Kier alpha value is -3.07. The monoisotopic (exact) mass is 329 g/mol. The van der Waals surface area contributed by atoms with E-state index < -0.39 is 0 Å². The quantitative estimate of drug-likeness (QED) is 0.586. The van der Waals surface area contributed by atoms with Gasteiger partial charge in [0.05, 0.1) is 12.7 Å². The second kappa shape index (κ2) is 6.81. The van der Waals surface area contributed by atoms with E-state index in [1.165, 1.54) is 5.56 Å². The summed E-state index contributed by atoms with van der Waals surface area (Å²) in [7, 11) is 0. The normalized spacial score (nSPS) is 11.0. The molecule has 25 heavy (non-hydrogen) atoms. The molecule has 0 saturated heterocycles. The zero-order valence-electron chi connectivity index (χ0n) is 13.9. The molecule has 0 aliphatic heterocycles. The van der Waals surface area contributed by atoms with E-state index in [2.05, 4.69) is 29.6 Å². The predicted molar refractivity (Wildman–Crippen MR) is 101 cm³/mol. The van der Waals surface area contributed by atoms with Crippen molar-refractivity contribution in [1.82, 2.24) is 5.32 Å². The molecular formula is C22H19NO2. The third kappa shape index (κ3) is 3.26. The van der Waals surface area contributed by atoms with Crippen molar-refractivity contribution in [3.8, 4) is 0 Å². The Morgan fingerprint density at radius 1 is 0.920 bits per heavy atom. The van der Waals surface area contributed by atoms with Crippen molar-refractivity contribution >= 4 is 27.6 Å². The standard InChI is InChI=1S/C22H19NO2/c24-21(23-13-12-16-6-2-1-3-7-16)14-18-15-25-20-11-10-17-8-4-5-9-19(17)22(18)20/h1-11,15H,12-14H2,(H,23,24). The first kappa shape index (κ1) is 15.5. The van der Waals surface area contributed by atoms with Crippen LogP contribution >= 0.6 is 0 Å². The Labute approximate surface area is 146 Å². The van der Waals surface area contributed by atoms with Gasteiger partial charge in [-0.1, -0.05) is 60.7 Å². The summed E-state index contributed by atoms with van der Waals surface area (Å²) in [5.41, 5.74) is 2.98. The average Bonchev–Trinajstić information content (AvgIpc) is 3.06. The maximum atomic E-state index is 12.3. The van der Waals surface area contributed by atoms with Gasteiger partial charge in [-0.2, -0.15) is 0 Å². The molecule has 4 rings (SSSR count). The minimum atomic E-state index is 0.0200. The molecule has 0 bridgehead atoms. The van der Waals surface area contributed by atoms with Crippen molar-refractivity contribution < 1.29 is 9.21 Å². The lowest BCUT2D eigenvalue weighted by atomic mass is 10.0. The van der Waals surface area contributed by atoms with E-state index in [1.807, 2.05) is 42.5 Å². The van der Waals surface area contributed by atoms with Gasteiger partial charge in [-0.3, -0.25) is 4.79 Å². The van der Waals surface area contributed by atoms with Gasteiger partial charge >= 0.3 is 0 Å². The highest BCUT2D eigenvalue weighted by Crippen LogP contribution is 2.30. The number of hydrogen-bond acceptors (Lipinski definition) is 2. The molecule has 124 valence electrons. The molecule has 4 aromatic rings. The second-order valence-corrected chi connectivity index (χ2v) is 6.18. The van der Waals surface area contributed by atoms with Crippen molar-refractivity contribution in [2.24, 2.45) is 0 Å². The van der Waals surface area contributed by atoms with Gasteiger partial charge in [0.2, 0.25) is 5.91 Å². The molecule has 0 spiro atoms. The van der Waals surface area contributed by atoms with Gasteiger partial charge in [0.25, 0.3) is 0 Å². The number of carbonyl (C=O) groups is 1. The first-order valence-corrected chi connectivity index (χ1v) is 8.50. The van der Waals surface area contributed by atoms with Crippen LogP contribution in [0.5, 0.6) is 0 Å². The van der Waals surface area contributed by atoms with Gasteiger partial charge in [-0.25, -0.2) is 0 Å². The Kier molecular flexibility index (Phi) is 4.21. The first-order chi connectivity index (χ1) is 12.3. The molecule has 3 aromatic carbocycles. The molecule has 0 unspecified atom stereocenters. The highest BCUT2D eigenvalue weighted by atomic mass is 16.3. The maximum Gasteiger partial charge on any atom is 0.224 e. The summed E-state index contributed by atoms with van der Waals surface area (Å²) in [6, 6.07) is 22.4. The number of furan rings is 1. The molecule has 1 heterocycles. The van der Waals surface area contributed by atoms with Crippen molar-refractivity contribution in [3.05, 3.63) is 84.1 Å². The summed E-state index contributed by atoms with van der Waals surface area (Å²) in [6.07, 6.45) is 2.87. The molecular weight excluding hydrogens is 310 g/mol. The highest BCUT2D eigenvalue weighted by Gasteiger charge is 2.12. The van der Waals surface area contributed by atoms with Crippen molar-refractivity contribution in [1.29, 1.82) is 0 Å².